The number of nitrogens with zero attached hydrogens (tertiary/aromatic N) is 3. The number of anilines is 1. The maximum absolute atomic E-state index is 5.95. The van der Waals surface area contributed by atoms with Gasteiger partial charge in [0.2, 0.25) is 0 Å². The first-order chi connectivity index (χ1) is 8.78. The Morgan fingerprint density at radius 2 is 2.39 bits per heavy atom. The normalized spacial score (nSPS) is 20.8. The first-order valence-electron chi connectivity index (χ1n) is 6.70. The number of imidazole rings is 1. The van der Waals surface area contributed by atoms with Gasteiger partial charge in [-0.05, 0) is 37.6 Å². The molecule has 0 saturated carbocycles. The lowest BCUT2D eigenvalue weighted by atomic mass is 10.0. The first kappa shape index (κ1) is 11.5. The Bertz CT molecular complexity index is 546. The van der Waals surface area contributed by atoms with Crippen LogP contribution in [0.4, 0.5) is 5.69 Å². The van der Waals surface area contributed by atoms with Gasteiger partial charge in [0.15, 0.2) is 0 Å². The molecule has 4 nitrogen and oxygen atoms in total. The van der Waals surface area contributed by atoms with Crippen LogP contribution in [0.25, 0.3) is 5.52 Å². The van der Waals surface area contributed by atoms with Gasteiger partial charge in [0, 0.05) is 19.2 Å². The van der Waals surface area contributed by atoms with Crippen LogP contribution in [0.1, 0.15) is 19.2 Å². The van der Waals surface area contributed by atoms with Crippen LogP contribution in [-0.4, -0.2) is 33.9 Å². The summed E-state index contributed by atoms with van der Waals surface area (Å²) in [6, 6.07) is 3.91. The lowest BCUT2D eigenvalue weighted by molar-refractivity contribution is 0.341. The smallest absolute Gasteiger partial charge is 0.113 e. The van der Waals surface area contributed by atoms with Crippen molar-refractivity contribution in [1.29, 1.82) is 0 Å². The monoisotopic (exact) mass is 244 g/mol. The molecule has 18 heavy (non-hydrogen) atoms. The largest absolute Gasteiger partial charge is 0.397 e. The maximum atomic E-state index is 5.95. The molecular weight excluding hydrogens is 224 g/mol. The van der Waals surface area contributed by atoms with Crippen LogP contribution in [0.5, 0.6) is 0 Å². The average molecular weight is 244 g/mol. The van der Waals surface area contributed by atoms with Crippen LogP contribution in [-0.2, 0) is 6.42 Å². The number of hydrogen-bond acceptors (Lipinski definition) is 3. The molecule has 0 amide bonds. The third-order valence-electron chi connectivity index (χ3n) is 3.97. The summed E-state index contributed by atoms with van der Waals surface area (Å²) in [5.74, 6) is 1.87. The number of nitrogens with two attached hydrogens (primary N) is 1. The van der Waals surface area contributed by atoms with Crippen molar-refractivity contribution >= 4 is 11.2 Å². The highest BCUT2D eigenvalue weighted by atomic mass is 15.1. The molecule has 2 aromatic rings. The summed E-state index contributed by atoms with van der Waals surface area (Å²) < 4.78 is 2.13. The van der Waals surface area contributed by atoms with E-state index in [0.717, 1.165) is 35.9 Å². The number of fused-ring (bicyclic) bond motifs is 1. The van der Waals surface area contributed by atoms with Crippen LogP contribution in [0, 0.1) is 5.92 Å². The second-order valence-electron chi connectivity index (χ2n) is 5.15. The van der Waals surface area contributed by atoms with E-state index in [1.54, 1.807) is 0 Å². The molecule has 96 valence electrons. The quantitative estimate of drug-likeness (QED) is 0.895. The Morgan fingerprint density at radius 1 is 1.50 bits per heavy atom. The number of aromatic nitrogens is 2. The standard InChI is InChI=1S/C14H20N4/c1-2-17-7-5-11(10-17)8-14-16-9-13-12(15)4-3-6-18(13)14/h3-4,6,9,11H,2,5,7-8,10,15H2,1H3. The van der Waals surface area contributed by atoms with Gasteiger partial charge in [0.1, 0.15) is 5.82 Å². The van der Waals surface area contributed by atoms with E-state index in [1.807, 2.05) is 18.3 Å². The van der Waals surface area contributed by atoms with E-state index in [0.29, 0.717) is 0 Å². The van der Waals surface area contributed by atoms with E-state index >= 15 is 0 Å². The Kier molecular flexibility index (Phi) is 2.96. The lowest BCUT2D eigenvalue weighted by Crippen LogP contribution is -2.20. The molecule has 0 spiro atoms. The molecule has 1 unspecified atom stereocenters. The maximum Gasteiger partial charge on any atom is 0.113 e. The number of likely N-dealkylation sites (tertiary alicyclic amines) is 1. The highest BCUT2D eigenvalue weighted by Gasteiger charge is 2.22. The molecule has 3 heterocycles. The Labute approximate surface area is 107 Å². The average Bonchev–Trinajstić information content (AvgIpc) is 2.98. The van der Waals surface area contributed by atoms with Crippen molar-refractivity contribution in [3.8, 4) is 0 Å². The molecular formula is C14H20N4. The van der Waals surface area contributed by atoms with Crippen LogP contribution < -0.4 is 5.73 Å². The number of pyridine rings is 1. The van der Waals surface area contributed by atoms with Crippen molar-refractivity contribution in [3.63, 3.8) is 0 Å². The van der Waals surface area contributed by atoms with Gasteiger partial charge >= 0.3 is 0 Å². The fourth-order valence-corrected chi connectivity index (χ4v) is 2.87. The van der Waals surface area contributed by atoms with Gasteiger partial charge in [0.25, 0.3) is 0 Å². The number of rotatable bonds is 3. The third-order valence-corrected chi connectivity index (χ3v) is 3.97. The molecule has 0 radical (unpaired) electrons. The predicted octanol–water partition coefficient (Wildman–Crippen LogP) is 1.80. The van der Waals surface area contributed by atoms with E-state index in [2.05, 4.69) is 27.4 Å². The van der Waals surface area contributed by atoms with E-state index in [4.69, 9.17) is 5.73 Å². The summed E-state index contributed by atoms with van der Waals surface area (Å²) in [7, 11) is 0. The molecule has 0 aromatic carbocycles. The minimum Gasteiger partial charge on any atom is -0.397 e. The van der Waals surface area contributed by atoms with Crippen molar-refractivity contribution in [2.45, 2.75) is 19.8 Å². The fourth-order valence-electron chi connectivity index (χ4n) is 2.87. The molecule has 1 aliphatic heterocycles. The van der Waals surface area contributed by atoms with Gasteiger partial charge < -0.3 is 15.0 Å². The summed E-state index contributed by atoms with van der Waals surface area (Å²) in [6.07, 6.45) is 6.27. The SMILES string of the molecule is CCN1CCC(Cc2ncc3c(N)cccn23)C1. The molecule has 1 aliphatic rings. The molecule has 2 aromatic heterocycles. The predicted molar refractivity (Wildman–Crippen MR) is 73.5 cm³/mol. The van der Waals surface area contributed by atoms with Gasteiger partial charge in [-0.3, -0.25) is 0 Å². The van der Waals surface area contributed by atoms with Crippen LogP contribution >= 0.6 is 0 Å². The molecule has 0 bridgehead atoms. The topological polar surface area (TPSA) is 46.6 Å². The van der Waals surface area contributed by atoms with Crippen molar-refractivity contribution < 1.29 is 0 Å². The van der Waals surface area contributed by atoms with Gasteiger partial charge in [-0.25, -0.2) is 4.98 Å². The zero-order valence-electron chi connectivity index (χ0n) is 10.8. The van der Waals surface area contributed by atoms with E-state index in [1.165, 1.54) is 19.5 Å². The summed E-state index contributed by atoms with van der Waals surface area (Å²) in [6.45, 7) is 5.82. The van der Waals surface area contributed by atoms with Crippen molar-refractivity contribution in [1.82, 2.24) is 14.3 Å². The van der Waals surface area contributed by atoms with Gasteiger partial charge in [-0.2, -0.15) is 0 Å². The minimum atomic E-state index is 0.733. The summed E-state index contributed by atoms with van der Waals surface area (Å²) in [5, 5.41) is 0. The Hall–Kier alpha value is -1.55. The molecule has 1 fully saturated rings. The third kappa shape index (κ3) is 1.97. The minimum absolute atomic E-state index is 0.733. The summed E-state index contributed by atoms with van der Waals surface area (Å²) >= 11 is 0. The first-order valence-corrected chi connectivity index (χ1v) is 6.70. The van der Waals surface area contributed by atoms with Gasteiger partial charge in [-0.15, -0.1) is 0 Å². The van der Waals surface area contributed by atoms with Gasteiger partial charge in [0.05, 0.1) is 17.4 Å². The summed E-state index contributed by atoms with van der Waals surface area (Å²) in [5.41, 5.74) is 7.78. The Balaban J connectivity index is 1.81. The van der Waals surface area contributed by atoms with E-state index in [-0.39, 0.29) is 0 Å². The lowest BCUT2D eigenvalue weighted by Gasteiger charge is -2.12. The van der Waals surface area contributed by atoms with E-state index < -0.39 is 0 Å². The zero-order chi connectivity index (χ0) is 12.5. The Morgan fingerprint density at radius 3 is 3.17 bits per heavy atom. The number of nitrogen functional groups attached to an aromatic ring is 1. The molecule has 4 heteroatoms. The van der Waals surface area contributed by atoms with Crippen LogP contribution in [0.15, 0.2) is 24.5 Å². The molecule has 3 rings (SSSR count). The highest BCUT2D eigenvalue weighted by molar-refractivity contribution is 5.68. The fraction of sp³-hybridized carbons (Fsp3) is 0.500. The van der Waals surface area contributed by atoms with Gasteiger partial charge in [-0.1, -0.05) is 6.92 Å². The summed E-state index contributed by atoms with van der Waals surface area (Å²) in [4.78, 5) is 7.04. The van der Waals surface area contributed by atoms with Crippen LogP contribution in [0.3, 0.4) is 0 Å². The van der Waals surface area contributed by atoms with Crippen molar-refractivity contribution in [2.24, 2.45) is 5.92 Å². The second kappa shape index (κ2) is 4.61. The molecule has 1 saturated heterocycles. The second-order valence-corrected chi connectivity index (χ2v) is 5.15. The molecule has 2 N–H and O–H groups in total. The van der Waals surface area contributed by atoms with E-state index in [9.17, 15) is 0 Å². The van der Waals surface area contributed by atoms with Crippen LogP contribution in [0.2, 0.25) is 0 Å². The highest BCUT2D eigenvalue weighted by Crippen LogP contribution is 2.22. The van der Waals surface area contributed by atoms with Crippen molar-refractivity contribution in [3.05, 3.63) is 30.4 Å². The van der Waals surface area contributed by atoms with Crippen molar-refractivity contribution in [2.75, 3.05) is 25.4 Å². The molecule has 1 atom stereocenters. The zero-order valence-corrected chi connectivity index (χ0v) is 10.8. The molecule has 0 aliphatic carbocycles. The number of hydrogen-bond donors (Lipinski definition) is 1.